The first-order valence-corrected chi connectivity index (χ1v) is 15.4. The molecule has 0 saturated carbocycles. The van der Waals surface area contributed by atoms with Crippen LogP contribution in [0.15, 0.2) is 0 Å². The molecule has 4 heteroatoms. The summed E-state index contributed by atoms with van der Waals surface area (Å²) >= 11 is 0. The molecule has 0 amide bonds. The van der Waals surface area contributed by atoms with Crippen molar-refractivity contribution in [3.8, 4) is 0 Å². The summed E-state index contributed by atoms with van der Waals surface area (Å²) in [5.74, 6) is -0.686. The summed E-state index contributed by atoms with van der Waals surface area (Å²) in [6, 6.07) is 0. The fourth-order valence-corrected chi connectivity index (χ4v) is 5.48. The van der Waals surface area contributed by atoms with Gasteiger partial charge in [0.2, 0.25) is 0 Å². The lowest BCUT2D eigenvalue weighted by Gasteiger charge is -2.36. The molecule has 0 bridgehead atoms. The van der Waals surface area contributed by atoms with Crippen molar-refractivity contribution in [3.05, 3.63) is 0 Å². The van der Waals surface area contributed by atoms with Crippen molar-refractivity contribution in [2.24, 2.45) is 0 Å². The van der Waals surface area contributed by atoms with Crippen LogP contribution in [0, 0.1) is 0 Å². The Kier molecular flexibility index (Phi) is 22.2. The molecule has 210 valence electrons. The van der Waals surface area contributed by atoms with E-state index in [0.717, 1.165) is 62.5 Å². The smallest absolute Gasteiger partial charge is 0.303 e. The molecule has 0 aliphatic heterocycles. The van der Waals surface area contributed by atoms with Gasteiger partial charge in [-0.05, 0) is 32.6 Å². The molecule has 4 nitrogen and oxygen atoms in total. The Hall–Kier alpha value is -0.610. The molecule has 0 rings (SSSR count). The Morgan fingerprint density at radius 2 is 1.00 bits per heavy atom. The van der Waals surface area contributed by atoms with Gasteiger partial charge in [-0.15, -0.1) is 0 Å². The molecule has 35 heavy (non-hydrogen) atoms. The van der Waals surface area contributed by atoms with Crippen molar-refractivity contribution in [1.82, 2.24) is 0 Å². The zero-order valence-electron chi connectivity index (χ0n) is 24.4. The van der Waals surface area contributed by atoms with Gasteiger partial charge >= 0.3 is 5.97 Å². The second-order valence-corrected chi connectivity index (χ2v) is 12.3. The molecule has 0 radical (unpaired) electrons. The van der Waals surface area contributed by atoms with Crippen LogP contribution >= 0.6 is 0 Å². The number of hydrogen-bond donors (Lipinski definition) is 2. The molecule has 0 aliphatic rings. The average Bonchev–Trinajstić information content (AvgIpc) is 2.77. The van der Waals surface area contributed by atoms with E-state index < -0.39 is 11.6 Å². The first-order chi connectivity index (χ1) is 16.7. The van der Waals surface area contributed by atoms with Crippen molar-refractivity contribution < 1.29 is 19.5 Å². The Morgan fingerprint density at radius 1 is 0.629 bits per heavy atom. The summed E-state index contributed by atoms with van der Waals surface area (Å²) in [6.45, 7) is 6.19. The lowest BCUT2D eigenvalue weighted by molar-refractivity contribution is -0.896. The second-order valence-electron chi connectivity index (χ2n) is 12.3. The van der Waals surface area contributed by atoms with Gasteiger partial charge in [0.1, 0.15) is 12.1 Å². The molecule has 0 saturated heterocycles. The Balaban J connectivity index is 3.56. The average molecular weight is 499 g/mol. The van der Waals surface area contributed by atoms with Crippen LogP contribution in [0.2, 0.25) is 0 Å². The molecule has 1 atom stereocenters. The molecule has 0 heterocycles. The number of rotatable bonds is 27. The van der Waals surface area contributed by atoms with E-state index >= 15 is 0 Å². The highest BCUT2D eigenvalue weighted by molar-refractivity contribution is 5.66. The third kappa shape index (κ3) is 26.3. The molecule has 0 aromatic carbocycles. The molecule has 2 N–H and O–H groups in total. The largest absolute Gasteiger partial charge is 0.481 e. The molecule has 0 spiro atoms. The number of hydrogen-bond acceptors (Lipinski definition) is 2. The Morgan fingerprint density at radius 3 is 1.43 bits per heavy atom. The minimum absolute atomic E-state index is 0.295. The number of carboxylic acids is 1. The third-order valence-electron chi connectivity index (χ3n) is 7.49. The molecule has 0 aliphatic carbocycles. The lowest BCUT2D eigenvalue weighted by atomic mass is 9.96. The van der Waals surface area contributed by atoms with E-state index in [4.69, 9.17) is 5.11 Å². The zero-order valence-corrected chi connectivity index (χ0v) is 24.4. The SMILES string of the molecule is CCCCCCCCCCCCCCCCCCC(C)(O)C[N+](C)(C)CCCCCCCC(=O)O. The Bertz CT molecular complexity index is 476. The van der Waals surface area contributed by atoms with Gasteiger partial charge in [-0.3, -0.25) is 4.79 Å². The van der Waals surface area contributed by atoms with Crippen molar-refractivity contribution in [1.29, 1.82) is 0 Å². The predicted molar refractivity (Wildman–Crippen MR) is 152 cm³/mol. The minimum Gasteiger partial charge on any atom is -0.481 e. The van der Waals surface area contributed by atoms with E-state index in [1.807, 2.05) is 6.92 Å². The standard InChI is InChI=1S/C31H63NO3/c1-5-6-7-8-9-10-11-12-13-14-15-16-17-18-21-24-27-31(2,35)29-32(3,4)28-25-22-19-20-23-26-30(33)34/h35H,5-29H2,1-4H3/p+1. The van der Waals surface area contributed by atoms with Crippen LogP contribution in [0.5, 0.6) is 0 Å². The number of likely N-dealkylation sites (N-methyl/N-ethyl adjacent to an activating group) is 1. The summed E-state index contributed by atoms with van der Waals surface area (Å²) < 4.78 is 0.862. The number of aliphatic hydroxyl groups is 1. The maximum Gasteiger partial charge on any atom is 0.303 e. The molecule has 0 fully saturated rings. The van der Waals surface area contributed by atoms with E-state index in [1.54, 1.807) is 0 Å². The maximum absolute atomic E-state index is 10.9. The van der Waals surface area contributed by atoms with Crippen molar-refractivity contribution in [2.75, 3.05) is 27.2 Å². The summed E-state index contributed by atoms with van der Waals surface area (Å²) in [6.07, 6.45) is 28.5. The van der Waals surface area contributed by atoms with Crippen LogP contribution in [-0.2, 0) is 4.79 Å². The van der Waals surface area contributed by atoms with E-state index in [-0.39, 0.29) is 0 Å². The lowest BCUT2D eigenvalue weighted by Crippen LogP contribution is -2.50. The van der Waals surface area contributed by atoms with E-state index in [1.165, 1.54) is 96.3 Å². The number of aliphatic carboxylic acids is 1. The topological polar surface area (TPSA) is 57.5 Å². The van der Waals surface area contributed by atoms with Crippen LogP contribution < -0.4 is 0 Å². The third-order valence-corrected chi connectivity index (χ3v) is 7.49. The van der Waals surface area contributed by atoms with Crippen LogP contribution in [-0.4, -0.2) is 53.5 Å². The number of carboxylic acid groups (broad SMARTS) is 1. The van der Waals surface area contributed by atoms with Gasteiger partial charge in [0.15, 0.2) is 0 Å². The molecular weight excluding hydrogens is 434 g/mol. The van der Waals surface area contributed by atoms with Gasteiger partial charge in [-0.25, -0.2) is 0 Å². The number of nitrogens with zero attached hydrogens (tertiary/aromatic N) is 1. The van der Waals surface area contributed by atoms with Crippen molar-refractivity contribution >= 4 is 5.97 Å². The van der Waals surface area contributed by atoms with E-state index in [0.29, 0.717) is 6.42 Å². The predicted octanol–water partition coefficient (Wildman–Crippen LogP) is 8.89. The summed E-state index contributed by atoms with van der Waals surface area (Å²) in [5.41, 5.74) is -0.582. The first kappa shape index (κ1) is 34.4. The Labute approximate surface area is 219 Å². The van der Waals surface area contributed by atoms with E-state index in [9.17, 15) is 9.90 Å². The monoisotopic (exact) mass is 498 g/mol. The van der Waals surface area contributed by atoms with Crippen LogP contribution in [0.4, 0.5) is 0 Å². The van der Waals surface area contributed by atoms with Gasteiger partial charge in [0.25, 0.3) is 0 Å². The van der Waals surface area contributed by atoms with Crippen molar-refractivity contribution in [3.63, 3.8) is 0 Å². The number of quaternary nitrogens is 1. The molecule has 1 unspecified atom stereocenters. The van der Waals surface area contributed by atoms with Gasteiger partial charge in [-0.1, -0.05) is 122 Å². The highest BCUT2D eigenvalue weighted by Gasteiger charge is 2.29. The summed E-state index contributed by atoms with van der Waals surface area (Å²) in [7, 11) is 4.46. The van der Waals surface area contributed by atoms with E-state index in [2.05, 4.69) is 21.0 Å². The normalized spacial score (nSPS) is 13.7. The number of carbonyl (C=O) groups is 1. The highest BCUT2D eigenvalue weighted by Crippen LogP contribution is 2.21. The summed E-state index contributed by atoms with van der Waals surface area (Å²) in [5, 5.41) is 19.6. The maximum atomic E-state index is 10.9. The van der Waals surface area contributed by atoms with Crippen LogP contribution in [0.3, 0.4) is 0 Å². The summed E-state index contributed by atoms with van der Waals surface area (Å²) in [4.78, 5) is 10.6. The molecule has 0 aromatic rings. The van der Waals surface area contributed by atoms with Crippen molar-refractivity contribution in [2.45, 2.75) is 167 Å². The quantitative estimate of drug-likeness (QED) is 0.0878. The fraction of sp³-hybridized carbons (Fsp3) is 0.968. The van der Waals surface area contributed by atoms with Gasteiger partial charge in [0.05, 0.1) is 20.6 Å². The molecular formula is C31H64NO3+. The zero-order chi connectivity index (χ0) is 26.3. The highest BCUT2D eigenvalue weighted by atomic mass is 16.4. The second kappa shape index (κ2) is 22.6. The van der Waals surface area contributed by atoms with Crippen LogP contribution in [0.1, 0.15) is 162 Å². The first-order valence-electron chi connectivity index (χ1n) is 15.4. The van der Waals surface area contributed by atoms with Crippen LogP contribution in [0.25, 0.3) is 0 Å². The van der Waals surface area contributed by atoms with Gasteiger partial charge < -0.3 is 14.7 Å². The minimum atomic E-state index is -0.686. The fourth-order valence-electron chi connectivity index (χ4n) is 5.48. The number of unbranched alkanes of at least 4 members (excludes halogenated alkanes) is 19. The van der Waals surface area contributed by atoms with Gasteiger partial charge in [0, 0.05) is 6.42 Å². The molecule has 0 aromatic heterocycles. The van der Waals surface area contributed by atoms with Gasteiger partial charge in [-0.2, -0.15) is 0 Å².